The van der Waals surface area contributed by atoms with E-state index in [1.165, 1.54) is 45.1 Å². The third-order valence-corrected chi connectivity index (χ3v) is 4.44. The molecule has 2 aliphatic rings. The summed E-state index contributed by atoms with van der Waals surface area (Å²) in [5.74, 6) is 1.68. The lowest BCUT2D eigenvalue weighted by molar-refractivity contribution is 0.0790. The van der Waals surface area contributed by atoms with E-state index in [4.69, 9.17) is 5.73 Å². The Morgan fingerprint density at radius 1 is 1.19 bits per heavy atom. The number of nitrogens with two attached hydrogens (primary N) is 1. The van der Waals surface area contributed by atoms with E-state index >= 15 is 0 Å². The average Bonchev–Trinajstić information content (AvgIpc) is 3.10. The fourth-order valence-corrected chi connectivity index (χ4v) is 3.38. The van der Waals surface area contributed by atoms with Gasteiger partial charge in [-0.05, 0) is 57.0 Å². The molecule has 2 aliphatic carbocycles. The number of hydrogen-bond donors (Lipinski definition) is 1. The summed E-state index contributed by atoms with van der Waals surface area (Å²) in [7, 11) is 0. The maximum Gasteiger partial charge on any atom is 0.0141 e. The van der Waals surface area contributed by atoms with Crippen LogP contribution in [0.3, 0.4) is 0 Å². The predicted molar refractivity (Wildman–Crippen MR) is 69.4 cm³/mol. The molecule has 0 aromatic heterocycles. The maximum atomic E-state index is 5.97. The summed E-state index contributed by atoms with van der Waals surface area (Å²) in [6.07, 6.45) is 8.29. The topological polar surface area (TPSA) is 29.3 Å². The molecular formula is C14H28N2. The first kappa shape index (κ1) is 12.4. The van der Waals surface area contributed by atoms with Gasteiger partial charge in [-0.2, -0.15) is 0 Å². The molecule has 2 heteroatoms. The molecule has 0 heterocycles. The molecule has 2 N–H and O–H groups in total. The van der Waals surface area contributed by atoms with Crippen molar-refractivity contribution < 1.29 is 0 Å². The van der Waals surface area contributed by atoms with Crippen molar-refractivity contribution in [3.8, 4) is 0 Å². The highest BCUT2D eigenvalue weighted by Gasteiger charge is 2.38. The fraction of sp³-hybridized carbons (Fsp3) is 1.00. The zero-order chi connectivity index (χ0) is 11.5. The summed E-state index contributed by atoms with van der Waals surface area (Å²) in [5, 5.41) is 0. The van der Waals surface area contributed by atoms with Crippen LogP contribution in [0.4, 0.5) is 0 Å². The predicted octanol–water partition coefficient (Wildman–Crippen LogP) is 2.62. The van der Waals surface area contributed by atoms with Gasteiger partial charge >= 0.3 is 0 Å². The van der Waals surface area contributed by atoms with Crippen LogP contribution in [0.5, 0.6) is 0 Å². The van der Waals surface area contributed by atoms with Crippen molar-refractivity contribution in [3.05, 3.63) is 0 Å². The molecule has 0 radical (unpaired) electrons. The Kier molecular flexibility index (Phi) is 4.26. The third kappa shape index (κ3) is 2.78. The first-order chi connectivity index (χ1) is 7.76. The second-order valence-electron chi connectivity index (χ2n) is 5.95. The van der Waals surface area contributed by atoms with Crippen molar-refractivity contribution in [2.24, 2.45) is 17.6 Å². The Balaban J connectivity index is 2.00. The quantitative estimate of drug-likeness (QED) is 0.778. The zero-order valence-electron chi connectivity index (χ0n) is 11.0. The van der Waals surface area contributed by atoms with E-state index < -0.39 is 0 Å². The van der Waals surface area contributed by atoms with Gasteiger partial charge in [0.2, 0.25) is 0 Å². The van der Waals surface area contributed by atoms with Gasteiger partial charge in [-0.1, -0.05) is 20.3 Å². The van der Waals surface area contributed by atoms with Crippen LogP contribution in [0.15, 0.2) is 0 Å². The summed E-state index contributed by atoms with van der Waals surface area (Å²) < 4.78 is 0. The molecule has 0 saturated heterocycles. The minimum absolute atomic E-state index is 0.767. The van der Waals surface area contributed by atoms with Gasteiger partial charge in [-0.25, -0.2) is 0 Å². The maximum absolute atomic E-state index is 5.97. The lowest BCUT2D eigenvalue weighted by Crippen LogP contribution is -2.48. The smallest absolute Gasteiger partial charge is 0.0141 e. The highest BCUT2D eigenvalue weighted by molar-refractivity contribution is 4.94. The molecule has 0 bridgehead atoms. The molecule has 2 nitrogen and oxygen atoms in total. The largest absolute Gasteiger partial charge is 0.330 e. The van der Waals surface area contributed by atoms with E-state index in [1.54, 1.807) is 0 Å². The van der Waals surface area contributed by atoms with Crippen molar-refractivity contribution in [3.63, 3.8) is 0 Å². The minimum atomic E-state index is 0.767. The highest BCUT2D eigenvalue weighted by Crippen LogP contribution is 2.37. The van der Waals surface area contributed by atoms with Crippen molar-refractivity contribution in [2.45, 2.75) is 64.5 Å². The third-order valence-electron chi connectivity index (χ3n) is 4.44. The number of nitrogens with zero attached hydrogens (tertiary/aromatic N) is 1. The monoisotopic (exact) mass is 224 g/mol. The first-order valence-electron chi connectivity index (χ1n) is 7.22. The second-order valence-corrected chi connectivity index (χ2v) is 5.95. The molecule has 2 saturated carbocycles. The van der Waals surface area contributed by atoms with Crippen LogP contribution in [0, 0.1) is 11.8 Å². The van der Waals surface area contributed by atoms with Gasteiger partial charge in [0.05, 0.1) is 0 Å². The second kappa shape index (κ2) is 5.50. The molecule has 3 atom stereocenters. The standard InChI is InChI=1S/C14H28N2/c1-3-8-16(13-6-7-13)14-9-11(2)4-5-12(14)10-15/h11-14H,3-10,15H2,1-2H3. The van der Waals surface area contributed by atoms with E-state index in [0.29, 0.717) is 0 Å². The van der Waals surface area contributed by atoms with Gasteiger partial charge in [0.1, 0.15) is 0 Å². The Morgan fingerprint density at radius 2 is 1.94 bits per heavy atom. The lowest BCUT2D eigenvalue weighted by atomic mass is 9.78. The van der Waals surface area contributed by atoms with Gasteiger partial charge in [0, 0.05) is 12.1 Å². The van der Waals surface area contributed by atoms with Crippen LogP contribution in [0.25, 0.3) is 0 Å². The van der Waals surface area contributed by atoms with Crippen molar-refractivity contribution in [1.82, 2.24) is 4.90 Å². The van der Waals surface area contributed by atoms with Crippen LogP contribution in [0.2, 0.25) is 0 Å². The van der Waals surface area contributed by atoms with Crippen LogP contribution in [-0.2, 0) is 0 Å². The molecule has 16 heavy (non-hydrogen) atoms. The highest BCUT2D eigenvalue weighted by atomic mass is 15.2. The summed E-state index contributed by atoms with van der Waals surface area (Å²) in [4.78, 5) is 2.80. The van der Waals surface area contributed by atoms with E-state index in [0.717, 1.165) is 30.5 Å². The normalized spacial score (nSPS) is 35.6. The minimum Gasteiger partial charge on any atom is -0.330 e. The van der Waals surface area contributed by atoms with Gasteiger partial charge in [0.25, 0.3) is 0 Å². The van der Waals surface area contributed by atoms with E-state index in [2.05, 4.69) is 18.7 Å². The Hall–Kier alpha value is -0.0800. The Labute approximate surface area is 101 Å². The van der Waals surface area contributed by atoms with E-state index in [1.807, 2.05) is 0 Å². The SMILES string of the molecule is CCCN(C1CC1)C1CC(C)CCC1CN. The Bertz CT molecular complexity index is 213. The lowest BCUT2D eigenvalue weighted by Gasteiger charge is -2.42. The zero-order valence-corrected chi connectivity index (χ0v) is 11.0. The Morgan fingerprint density at radius 3 is 2.50 bits per heavy atom. The molecule has 0 aromatic rings. The van der Waals surface area contributed by atoms with Crippen molar-refractivity contribution >= 4 is 0 Å². The number of rotatable bonds is 5. The van der Waals surface area contributed by atoms with Gasteiger partial charge in [0.15, 0.2) is 0 Å². The summed E-state index contributed by atoms with van der Waals surface area (Å²) >= 11 is 0. The number of hydrogen-bond acceptors (Lipinski definition) is 2. The molecule has 2 rings (SSSR count). The molecule has 94 valence electrons. The van der Waals surface area contributed by atoms with Crippen LogP contribution in [-0.4, -0.2) is 30.1 Å². The van der Waals surface area contributed by atoms with Gasteiger partial charge < -0.3 is 5.73 Å². The molecular weight excluding hydrogens is 196 g/mol. The molecule has 0 aromatic carbocycles. The van der Waals surface area contributed by atoms with Crippen LogP contribution >= 0.6 is 0 Å². The van der Waals surface area contributed by atoms with Gasteiger partial charge in [-0.15, -0.1) is 0 Å². The molecule has 2 fully saturated rings. The van der Waals surface area contributed by atoms with Crippen molar-refractivity contribution in [1.29, 1.82) is 0 Å². The van der Waals surface area contributed by atoms with Crippen LogP contribution in [0.1, 0.15) is 52.4 Å². The van der Waals surface area contributed by atoms with Gasteiger partial charge in [-0.3, -0.25) is 4.90 Å². The first-order valence-corrected chi connectivity index (χ1v) is 7.22. The molecule has 0 amide bonds. The molecule has 3 unspecified atom stereocenters. The average molecular weight is 224 g/mol. The molecule has 0 spiro atoms. The molecule has 0 aliphatic heterocycles. The van der Waals surface area contributed by atoms with Crippen molar-refractivity contribution in [2.75, 3.05) is 13.1 Å². The van der Waals surface area contributed by atoms with Crippen LogP contribution < -0.4 is 5.73 Å². The summed E-state index contributed by atoms with van der Waals surface area (Å²) in [5.41, 5.74) is 5.97. The summed E-state index contributed by atoms with van der Waals surface area (Å²) in [6.45, 7) is 6.90. The fourth-order valence-electron chi connectivity index (χ4n) is 3.38. The van der Waals surface area contributed by atoms with E-state index in [-0.39, 0.29) is 0 Å². The summed E-state index contributed by atoms with van der Waals surface area (Å²) in [6, 6.07) is 1.70. The van der Waals surface area contributed by atoms with E-state index in [9.17, 15) is 0 Å².